The van der Waals surface area contributed by atoms with Crippen LogP contribution in [0.2, 0.25) is 0 Å². The van der Waals surface area contributed by atoms with E-state index in [-0.39, 0.29) is 17.1 Å². The van der Waals surface area contributed by atoms with Crippen molar-refractivity contribution in [1.82, 2.24) is 4.90 Å². The number of ether oxygens (including phenoxy) is 1. The van der Waals surface area contributed by atoms with E-state index in [1.807, 2.05) is 0 Å². The number of nitrogens with zero attached hydrogens (tertiary/aromatic N) is 1. The van der Waals surface area contributed by atoms with Crippen molar-refractivity contribution in [2.45, 2.75) is 37.5 Å². The first-order valence-corrected chi connectivity index (χ1v) is 8.66. The predicted molar refractivity (Wildman–Crippen MR) is 84.9 cm³/mol. The average Bonchev–Trinajstić information content (AvgIpc) is 3.06. The van der Waals surface area contributed by atoms with Crippen molar-refractivity contribution in [3.63, 3.8) is 0 Å². The number of carbonyl (C=O) groups is 4. The second kappa shape index (κ2) is 4.43. The molecule has 3 heterocycles. The molecule has 5 rings (SSSR count). The smallest absolute Gasteiger partial charge is 0.265 e. The first-order valence-electron chi connectivity index (χ1n) is 8.66. The van der Waals surface area contributed by atoms with Gasteiger partial charge in [0.15, 0.2) is 23.1 Å². The number of Topliss-reactive ketones (excluding diaryl/α,β-unsaturated/α-hetero) is 3. The van der Waals surface area contributed by atoms with Crippen molar-refractivity contribution in [2.24, 2.45) is 11.8 Å². The highest BCUT2D eigenvalue weighted by Gasteiger charge is 2.81. The Hall–Kier alpha value is -2.34. The van der Waals surface area contributed by atoms with Gasteiger partial charge >= 0.3 is 0 Å². The Labute approximate surface area is 144 Å². The molecule has 128 valence electrons. The second-order valence-electron chi connectivity index (χ2n) is 7.38. The molecule has 6 heteroatoms. The van der Waals surface area contributed by atoms with E-state index in [1.54, 1.807) is 29.2 Å². The van der Waals surface area contributed by atoms with E-state index < -0.39 is 34.9 Å². The van der Waals surface area contributed by atoms with Crippen LogP contribution in [0.1, 0.15) is 46.9 Å². The number of hydrogen-bond donors (Lipinski definition) is 0. The van der Waals surface area contributed by atoms with Gasteiger partial charge in [-0.15, -0.1) is 0 Å². The SMILES string of the molecule is CC(=O)C12OC3(CCCCN3C1=O)C1C(=O)c3ccccc3C(=O)C12. The first-order chi connectivity index (χ1) is 11.9. The lowest BCUT2D eigenvalue weighted by Crippen LogP contribution is -2.66. The molecule has 6 nitrogen and oxygen atoms in total. The number of fused-ring (bicyclic) bond motifs is 4. The summed E-state index contributed by atoms with van der Waals surface area (Å²) in [4.78, 5) is 53.7. The van der Waals surface area contributed by atoms with Crippen LogP contribution in [0.25, 0.3) is 0 Å². The number of piperidine rings is 2. The molecular weight excluding hydrogens is 322 g/mol. The van der Waals surface area contributed by atoms with Gasteiger partial charge in [-0.25, -0.2) is 0 Å². The van der Waals surface area contributed by atoms with E-state index in [4.69, 9.17) is 4.74 Å². The van der Waals surface area contributed by atoms with Gasteiger partial charge in [0.05, 0.1) is 11.8 Å². The van der Waals surface area contributed by atoms with Gasteiger partial charge in [0.2, 0.25) is 5.60 Å². The van der Waals surface area contributed by atoms with Gasteiger partial charge in [-0.2, -0.15) is 0 Å². The molecule has 1 aromatic rings. The normalized spacial score (nSPS) is 38.4. The van der Waals surface area contributed by atoms with Crippen LogP contribution < -0.4 is 0 Å². The van der Waals surface area contributed by atoms with Gasteiger partial charge in [0.25, 0.3) is 5.91 Å². The van der Waals surface area contributed by atoms with Gasteiger partial charge in [-0.3, -0.25) is 19.2 Å². The summed E-state index contributed by atoms with van der Waals surface area (Å²) < 4.78 is 6.13. The summed E-state index contributed by atoms with van der Waals surface area (Å²) >= 11 is 0. The topological polar surface area (TPSA) is 80.8 Å². The van der Waals surface area contributed by atoms with Gasteiger partial charge in [0, 0.05) is 17.7 Å². The highest BCUT2D eigenvalue weighted by Crippen LogP contribution is 2.62. The van der Waals surface area contributed by atoms with E-state index in [0.717, 1.165) is 12.8 Å². The Morgan fingerprint density at radius 3 is 2.36 bits per heavy atom. The molecule has 1 aromatic carbocycles. The maximum Gasteiger partial charge on any atom is 0.265 e. The van der Waals surface area contributed by atoms with E-state index >= 15 is 0 Å². The van der Waals surface area contributed by atoms with E-state index in [0.29, 0.717) is 18.5 Å². The number of benzene rings is 1. The zero-order chi connectivity index (χ0) is 17.6. The van der Waals surface area contributed by atoms with Crippen LogP contribution in [0.5, 0.6) is 0 Å². The van der Waals surface area contributed by atoms with Crippen molar-refractivity contribution >= 4 is 23.3 Å². The summed E-state index contributed by atoms with van der Waals surface area (Å²) in [6, 6.07) is 6.64. The van der Waals surface area contributed by atoms with Crippen LogP contribution in [0.15, 0.2) is 24.3 Å². The molecule has 1 spiro atoms. The fourth-order valence-corrected chi connectivity index (χ4v) is 5.33. The number of amides is 1. The van der Waals surface area contributed by atoms with Crippen molar-refractivity contribution in [3.05, 3.63) is 35.4 Å². The zero-order valence-electron chi connectivity index (χ0n) is 13.8. The second-order valence-corrected chi connectivity index (χ2v) is 7.38. The fraction of sp³-hybridized carbons (Fsp3) is 0.474. The predicted octanol–water partition coefficient (Wildman–Crippen LogP) is 1.38. The van der Waals surface area contributed by atoms with Crippen molar-refractivity contribution < 1.29 is 23.9 Å². The molecule has 3 aliphatic heterocycles. The Kier molecular flexibility index (Phi) is 2.65. The molecule has 0 radical (unpaired) electrons. The minimum Gasteiger partial charge on any atom is -0.330 e. The Morgan fingerprint density at radius 2 is 1.72 bits per heavy atom. The van der Waals surface area contributed by atoms with E-state index in [9.17, 15) is 19.2 Å². The Morgan fingerprint density at radius 1 is 1.08 bits per heavy atom. The maximum absolute atomic E-state index is 13.3. The number of carbonyl (C=O) groups excluding carboxylic acids is 4. The highest BCUT2D eigenvalue weighted by molar-refractivity contribution is 6.24. The number of ketones is 3. The quantitative estimate of drug-likeness (QED) is 0.722. The number of rotatable bonds is 1. The molecule has 0 saturated carbocycles. The Balaban J connectivity index is 1.80. The third kappa shape index (κ3) is 1.42. The lowest BCUT2D eigenvalue weighted by atomic mass is 9.61. The Bertz CT molecular complexity index is 876. The zero-order valence-corrected chi connectivity index (χ0v) is 13.8. The van der Waals surface area contributed by atoms with Crippen LogP contribution in [-0.2, 0) is 14.3 Å². The average molecular weight is 339 g/mol. The van der Waals surface area contributed by atoms with Crippen LogP contribution in [0, 0.1) is 11.8 Å². The van der Waals surface area contributed by atoms with Crippen molar-refractivity contribution in [1.29, 1.82) is 0 Å². The number of hydrogen-bond acceptors (Lipinski definition) is 5. The molecule has 4 atom stereocenters. The van der Waals surface area contributed by atoms with Gasteiger partial charge in [-0.1, -0.05) is 24.3 Å². The summed E-state index contributed by atoms with van der Waals surface area (Å²) in [7, 11) is 0. The van der Waals surface area contributed by atoms with Crippen LogP contribution in [0.3, 0.4) is 0 Å². The summed E-state index contributed by atoms with van der Waals surface area (Å²) in [6.45, 7) is 1.74. The molecule has 0 N–H and O–H groups in total. The molecule has 4 unspecified atom stereocenters. The lowest BCUT2D eigenvalue weighted by Gasteiger charge is -2.47. The molecule has 3 saturated heterocycles. The van der Waals surface area contributed by atoms with Crippen molar-refractivity contribution in [2.75, 3.05) is 6.54 Å². The fourth-order valence-electron chi connectivity index (χ4n) is 5.33. The van der Waals surface area contributed by atoms with Gasteiger partial charge in [-0.05, 0) is 26.2 Å². The standard InChI is InChI=1S/C19H17NO5/c1-10(21)19-14-13(15(22)11-6-2-3-7-12(11)16(14)23)18(25-19)8-4-5-9-20(18)17(19)24/h2-3,6-7,13-14H,4-5,8-9H2,1H3. The third-order valence-electron chi connectivity index (χ3n) is 6.33. The van der Waals surface area contributed by atoms with E-state index in [2.05, 4.69) is 0 Å². The molecule has 25 heavy (non-hydrogen) atoms. The monoisotopic (exact) mass is 339 g/mol. The third-order valence-corrected chi connectivity index (χ3v) is 6.33. The summed E-state index contributed by atoms with van der Waals surface area (Å²) in [5.74, 6) is -3.29. The van der Waals surface area contributed by atoms with Gasteiger partial charge < -0.3 is 9.64 Å². The summed E-state index contributed by atoms with van der Waals surface area (Å²) in [5.41, 5.74) is -2.32. The minimum atomic E-state index is -1.84. The lowest BCUT2D eigenvalue weighted by molar-refractivity contribution is -0.150. The van der Waals surface area contributed by atoms with Crippen LogP contribution >= 0.6 is 0 Å². The van der Waals surface area contributed by atoms with Crippen LogP contribution in [-0.4, -0.2) is 46.0 Å². The first kappa shape index (κ1) is 15.0. The largest absolute Gasteiger partial charge is 0.330 e. The van der Waals surface area contributed by atoms with E-state index in [1.165, 1.54) is 6.92 Å². The molecule has 1 amide bonds. The molecule has 4 aliphatic rings. The summed E-state index contributed by atoms with van der Waals surface area (Å²) in [6.07, 6.45) is 2.08. The van der Waals surface area contributed by atoms with Gasteiger partial charge in [0.1, 0.15) is 0 Å². The molecule has 2 bridgehead atoms. The minimum absolute atomic E-state index is 0.192. The molecule has 0 aromatic heterocycles. The summed E-state index contributed by atoms with van der Waals surface area (Å²) in [5, 5.41) is 0. The van der Waals surface area contributed by atoms with Crippen LogP contribution in [0.4, 0.5) is 0 Å². The highest BCUT2D eigenvalue weighted by atomic mass is 16.6. The van der Waals surface area contributed by atoms with Crippen molar-refractivity contribution in [3.8, 4) is 0 Å². The molecule has 3 fully saturated rings. The molecular formula is C19H17NO5. The molecule has 1 aliphatic carbocycles. The maximum atomic E-state index is 13.3.